The zero-order chi connectivity index (χ0) is 15.1. The molecule has 0 atom stereocenters. The SMILES string of the molecule is CS(=O)(=O)CCCN1C(=O)c2ccc(N)cc2S1(=O)=O. The normalized spacial score (nSPS) is 17.2. The van der Waals surface area contributed by atoms with Crippen LogP contribution in [0.1, 0.15) is 16.8 Å². The smallest absolute Gasteiger partial charge is 0.269 e. The number of hydrogen-bond donors (Lipinski definition) is 1. The minimum absolute atomic E-state index is 0.0628. The van der Waals surface area contributed by atoms with Crippen molar-refractivity contribution in [2.24, 2.45) is 0 Å². The fraction of sp³-hybridized carbons (Fsp3) is 0.364. The summed E-state index contributed by atoms with van der Waals surface area (Å²) in [5.41, 5.74) is 5.84. The fourth-order valence-corrected chi connectivity index (χ4v) is 4.28. The molecule has 2 N–H and O–H groups in total. The van der Waals surface area contributed by atoms with Crippen molar-refractivity contribution in [1.82, 2.24) is 4.31 Å². The average molecular weight is 318 g/mol. The van der Waals surface area contributed by atoms with Gasteiger partial charge in [0, 0.05) is 18.5 Å². The number of rotatable bonds is 4. The van der Waals surface area contributed by atoms with E-state index in [4.69, 9.17) is 5.73 Å². The van der Waals surface area contributed by atoms with Crippen LogP contribution in [0.3, 0.4) is 0 Å². The van der Waals surface area contributed by atoms with E-state index in [1.54, 1.807) is 0 Å². The molecule has 1 aliphatic heterocycles. The first-order valence-corrected chi connectivity index (χ1v) is 9.27. The number of sulfonamides is 1. The van der Waals surface area contributed by atoms with Crippen LogP contribution in [0.2, 0.25) is 0 Å². The van der Waals surface area contributed by atoms with Gasteiger partial charge in [0.05, 0.1) is 11.3 Å². The molecule has 1 aromatic carbocycles. The molecule has 0 saturated carbocycles. The second-order valence-electron chi connectivity index (χ2n) is 4.62. The molecule has 0 bridgehead atoms. The van der Waals surface area contributed by atoms with E-state index in [0.717, 1.165) is 6.26 Å². The van der Waals surface area contributed by atoms with Crippen LogP contribution < -0.4 is 5.73 Å². The molecule has 20 heavy (non-hydrogen) atoms. The zero-order valence-corrected chi connectivity index (χ0v) is 12.4. The maximum atomic E-state index is 12.2. The molecule has 2 rings (SSSR count). The van der Waals surface area contributed by atoms with E-state index in [-0.39, 0.29) is 34.9 Å². The Morgan fingerprint density at radius 1 is 1.30 bits per heavy atom. The van der Waals surface area contributed by atoms with Gasteiger partial charge < -0.3 is 5.73 Å². The second kappa shape index (κ2) is 4.74. The fourth-order valence-electron chi connectivity index (χ4n) is 1.98. The van der Waals surface area contributed by atoms with Gasteiger partial charge in [0.1, 0.15) is 14.7 Å². The van der Waals surface area contributed by atoms with Crippen molar-refractivity contribution in [3.63, 3.8) is 0 Å². The Kier molecular flexibility index (Phi) is 3.51. The van der Waals surface area contributed by atoms with Gasteiger partial charge in [-0.05, 0) is 24.6 Å². The molecule has 1 aliphatic rings. The van der Waals surface area contributed by atoms with Crippen LogP contribution >= 0.6 is 0 Å². The van der Waals surface area contributed by atoms with E-state index in [9.17, 15) is 21.6 Å². The Morgan fingerprint density at radius 2 is 1.95 bits per heavy atom. The molecule has 0 unspecified atom stereocenters. The molecular formula is C11H14N2O5S2. The first kappa shape index (κ1) is 14.8. The minimum atomic E-state index is -3.93. The third kappa shape index (κ3) is 2.63. The number of sulfone groups is 1. The molecule has 0 spiro atoms. The van der Waals surface area contributed by atoms with Crippen LogP contribution in [0.5, 0.6) is 0 Å². The van der Waals surface area contributed by atoms with E-state index in [0.29, 0.717) is 4.31 Å². The van der Waals surface area contributed by atoms with Gasteiger partial charge in [0.15, 0.2) is 0 Å². The molecule has 1 amide bonds. The van der Waals surface area contributed by atoms with E-state index in [1.165, 1.54) is 18.2 Å². The number of nitrogen functional groups attached to an aromatic ring is 1. The summed E-state index contributed by atoms with van der Waals surface area (Å²) in [6, 6.07) is 4.05. The maximum absolute atomic E-state index is 12.2. The Bertz CT molecular complexity index is 768. The summed E-state index contributed by atoms with van der Waals surface area (Å²) >= 11 is 0. The van der Waals surface area contributed by atoms with E-state index >= 15 is 0 Å². The first-order valence-electron chi connectivity index (χ1n) is 5.77. The van der Waals surface area contributed by atoms with Gasteiger partial charge in [0.25, 0.3) is 15.9 Å². The lowest BCUT2D eigenvalue weighted by atomic mass is 10.2. The predicted octanol–water partition coefficient (Wildman–Crippen LogP) is -0.152. The van der Waals surface area contributed by atoms with Crippen molar-refractivity contribution in [3.05, 3.63) is 23.8 Å². The van der Waals surface area contributed by atoms with Crippen LogP contribution in [0.15, 0.2) is 23.1 Å². The highest BCUT2D eigenvalue weighted by Gasteiger charge is 2.40. The number of fused-ring (bicyclic) bond motifs is 1. The molecular weight excluding hydrogens is 304 g/mol. The maximum Gasteiger partial charge on any atom is 0.269 e. The topological polar surface area (TPSA) is 115 Å². The lowest BCUT2D eigenvalue weighted by Crippen LogP contribution is -2.31. The monoisotopic (exact) mass is 318 g/mol. The molecule has 0 radical (unpaired) electrons. The summed E-state index contributed by atoms with van der Waals surface area (Å²) in [6.45, 7) is -0.164. The number of nitrogens with two attached hydrogens (primary N) is 1. The van der Waals surface area contributed by atoms with Crippen molar-refractivity contribution < 1.29 is 21.6 Å². The van der Waals surface area contributed by atoms with Crippen molar-refractivity contribution in [3.8, 4) is 0 Å². The third-order valence-corrected chi connectivity index (χ3v) is 5.76. The number of anilines is 1. The molecule has 110 valence electrons. The van der Waals surface area contributed by atoms with Crippen LogP contribution in [0.25, 0.3) is 0 Å². The van der Waals surface area contributed by atoms with Gasteiger partial charge in [-0.3, -0.25) is 4.79 Å². The lowest BCUT2D eigenvalue weighted by Gasteiger charge is -2.14. The van der Waals surface area contributed by atoms with Gasteiger partial charge in [0.2, 0.25) is 0 Å². The Labute approximate surface area is 117 Å². The van der Waals surface area contributed by atoms with Crippen molar-refractivity contribution in [1.29, 1.82) is 0 Å². The highest BCUT2D eigenvalue weighted by molar-refractivity contribution is 7.90. The Balaban J connectivity index is 2.28. The highest BCUT2D eigenvalue weighted by atomic mass is 32.2. The molecule has 7 nitrogen and oxygen atoms in total. The van der Waals surface area contributed by atoms with Crippen molar-refractivity contribution in [2.45, 2.75) is 11.3 Å². The molecule has 1 heterocycles. The number of carbonyl (C=O) groups excluding carboxylic acids is 1. The van der Waals surface area contributed by atoms with Crippen LogP contribution in [0, 0.1) is 0 Å². The van der Waals surface area contributed by atoms with Gasteiger partial charge in [-0.1, -0.05) is 0 Å². The number of benzene rings is 1. The first-order chi connectivity index (χ1) is 9.13. The quantitative estimate of drug-likeness (QED) is 0.772. The third-order valence-electron chi connectivity index (χ3n) is 2.91. The summed E-state index contributed by atoms with van der Waals surface area (Å²) in [4.78, 5) is 11.9. The molecule has 9 heteroatoms. The average Bonchev–Trinajstić information content (AvgIpc) is 2.48. The van der Waals surface area contributed by atoms with E-state index < -0.39 is 25.8 Å². The largest absolute Gasteiger partial charge is 0.399 e. The van der Waals surface area contributed by atoms with Gasteiger partial charge in [-0.25, -0.2) is 21.1 Å². The Morgan fingerprint density at radius 3 is 2.55 bits per heavy atom. The standard InChI is InChI=1S/C11H14N2O5S2/c1-19(15,16)6-2-5-13-11(14)9-4-3-8(12)7-10(9)20(13,17)18/h3-4,7H,2,5-6,12H2,1H3. The van der Waals surface area contributed by atoms with Gasteiger partial charge in [-0.15, -0.1) is 0 Å². The molecule has 0 saturated heterocycles. The number of carbonyl (C=O) groups is 1. The van der Waals surface area contributed by atoms with E-state index in [1.807, 2.05) is 0 Å². The Hall–Kier alpha value is -1.61. The zero-order valence-electron chi connectivity index (χ0n) is 10.7. The summed E-state index contributed by atoms with van der Waals surface area (Å²) in [7, 11) is -7.12. The van der Waals surface area contributed by atoms with Crippen molar-refractivity contribution in [2.75, 3.05) is 24.3 Å². The summed E-state index contributed by atoms with van der Waals surface area (Å²) in [6.07, 6.45) is 1.12. The molecule has 0 aromatic heterocycles. The minimum Gasteiger partial charge on any atom is -0.399 e. The number of nitrogens with zero attached hydrogens (tertiary/aromatic N) is 1. The van der Waals surface area contributed by atoms with E-state index in [2.05, 4.69) is 0 Å². The van der Waals surface area contributed by atoms with Crippen LogP contribution in [-0.4, -0.2) is 45.6 Å². The highest BCUT2D eigenvalue weighted by Crippen LogP contribution is 2.31. The second-order valence-corrected chi connectivity index (χ2v) is 8.71. The van der Waals surface area contributed by atoms with Gasteiger partial charge >= 0.3 is 0 Å². The predicted molar refractivity (Wildman–Crippen MR) is 73.4 cm³/mol. The summed E-state index contributed by atoms with van der Waals surface area (Å²) in [5, 5.41) is 0. The summed E-state index contributed by atoms with van der Waals surface area (Å²) < 4.78 is 47.2. The lowest BCUT2D eigenvalue weighted by molar-refractivity contribution is 0.0871. The van der Waals surface area contributed by atoms with Crippen LogP contribution in [0.4, 0.5) is 5.69 Å². The van der Waals surface area contributed by atoms with Crippen LogP contribution in [-0.2, 0) is 19.9 Å². The molecule has 1 aromatic rings. The molecule has 0 fully saturated rings. The number of hydrogen-bond acceptors (Lipinski definition) is 6. The van der Waals surface area contributed by atoms with Gasteiger partial charge in [-0.2, -0.15) is 0 Å². The molecule has 0 aliphatic carbocycles. The van der Waals surface area contributed by atoms with Crippen molar-refractivity contribution >= 4 is 31.5 Å². The number of amides is 1. The summed E-state index contributed by atoms with van der Waals surface area (Å²) in [5.74, 6) is -0.821.